The molecular weight excluding hydrogens is 238 g/mol. The second kappa shape index (κ2) is 6.02. The third-order valence-electron chi connectivity index (χ3n) is 2.40. The Morgan fingerprint density at radius 2 is 2.12 bits per heavy atom. The average Bonchev–Trinajstić information content (AvgIpc) is 2.26. The van der Waals surface area contributed by atoms with Crippen molar-refractivity contribution in [2.75, 3.05) is 18.6 Å². The molecule has 0 saturated heterocycles. The van der Waals surface area contributed by atoms with Crippen LogP contribution >= 0.6 is 0 Å². The third kappa shape index (κ3) is 5.19. The van der Waals surface area contributed by atoms with Crippen LogP contribution in [0.3, 0.4) is 0 Å². The van der Waals surface area contributed by atoms with E-state index in [0.717, 1.165) is 11.3 Å². The summed E-state index contributed by atoms with van der Waals surface area (Å²) in [6, 6.07) is 7.19. The summed E-state index contributed by atoms with van der Waals surface area (Å²) in [5.41, 5.74) is 6.85. The first kappa shape index (κ1) is 14.0. The summed E-state index contributed by atoms with van der Waals surface area (Å²) in [7, 11) is -2.96. The molecule has 96 valence electrons. The number of ether oxygens (including phenoxy) is 1. The molecule has 0 bridgehead atoms. The molecule has 1 aromatic carbocycles. The van der Waals surface area contributed by atoms with E-state index in [-0.39, 0.29) is 11.8 Å². The Balaban J connectivity index is 2.68. The summed E-state index contributed by atoms with van der Waals surface area (Å²) >= 11 is 0. The molecule has 5 heteroatoms. The van der Waals surface area contributed by atoms with Crippen molar-refractivity contribution in [3.05, 3.63) is 29.8 Å². The van der Waals surface area contributed by atoms with Crippen molar-refractivity contribution in [3.8, 4) is 5.75 Å². The molecule has 0 fully saturated rings. The lowest BCUT2D eigenvalue weighted by atomic mass is 10.1. The maximum absolute atomic E-state index is 11.1. The van der Waals surface area contributed by atoms with Gasteiger partial charge in [-0.2, -0.15) is 0 Å². The van der Waals surface area contributed by atoms with E-state index in [0.29, 0.717) is 13.0 Å². The highest BCUT2D eigenvalue weighted by Gasteiger charge is 2.10. The summed E-state index contributed by atoms with van der Waals surface area (Å²) in [4.78, 5) is 0. The zero-order chi connectivity index (χ0) is 12.9. The fraction of sp³-hybridized carbons (Fsp3) is 0.500. The molecule has 0 amide bonds. The standard InChI is InChI=1S/C12H19NO3S/c1-3-16-11-6-4-5-10(9-11)12(13)7-8-17(2,14)15/h4-6,9,12H,3,7-8,13H2,1-2H3. The minimum absolute atomic E-state index is 0.104. The number of hydrogen-bond acceptors (Lipinski definition) is 4. The van der Waals surface area contributed by atoms with Crippen LogP contribution < -0.4 is 10.5 Å². The predicted octanol–water partition coefficient (Wildman–Crippen LogP) is 1.52. The molecule has 2 N–H and O–H groups in total. The lowest BCUT2D eigenvalue weighted by Gasteiger charge is -2.12. The van der Waals surface area contributed by atoms with Crippen molar-refractivity contribution in [3.63, 3.8) is 0 Å². The second-order valence-electron chi connectivity index (χ2n) is 4.03. The zero-order valence-corrected chi connectivity index (χ0v) is 11.0. The van der Waals surface area contributed by atoms with Crippen LogP contribution in [-0.4, -0.2) is 27.0 Å². The first-order chi connectivity index (χ1) is 7.92. The molecule has 0 saturated carbocycles. The SMILES string of the molecule is CCOc1cccc(C(N)CCS(C)(=O)=O)c1. The molecule has 1 atom stereocenters. The lowest BCUT2D eigenvalue weighted by Crippen LogP contribution is -2.15. The van der Waals surface area contributed by atoms with Gasteiger partial charge in [-0.05, 0) is 31.0 Å². The van der Waals surface area contributed by atoms with Gasteiger partial charge in [0, 0.05) is 12.3 Å². The van der Waals surface area contributed by atoms with Crippen molar-refractivity contribution < 1.29 is 13.2 Å². The Morgan fingerprint density at radius 1 is 1.41 bits per heavy atom. The lowest BCUT2D eigenvalue weighted by molar-refractivity contribution is 0.339. The number of hydrogen-bond donors (Lipinski definition) is 1. The van der Waals surface area contributed by atoms with Gasteiger partial charge >= 0.3 is 0 Å². The maximum Gasteiger partial charge on any atom is 0.147 e. The van der Waals surface area contributed by atoms with Gasteiger partial charge < -0.3 is 10.5 Å². The van der Waals surface area contributed by atoms with Crippen molar-refractivity contribution >= 4 is 9.84 Å². The van der Waals surface area contributed by atoms with Crippen LogP contribution in [0.5, 0.6) is 5.75 Å². The van der Waals surface area contributed by atoms with E-state index < -0.39 is 9.84 Å². The van der Waals surface area contributed by atoms with E-state index in [9.17, 15) is 8.42 Å². The number of rotatable bonds is 6. The zero-order valence-electron chi connectivity index (χ0n) is 10.2. The Hall–Kier alpha value is -1.07. The monoisotopic (exact) mass is 257 g/mol. The Morgan fingerprint density at radius 3 is 2.71 bits per heavy atom. The summed E-state index contributed by atoms with van der Waals surface area (Å²) in [6.45, 7) is 2.51. The minimum Gasteiger partial charge on any atom is -0.494 e. The Bertz CT molecular complexity index is 457. The second-order valence-corrected chi connectivity index (χ2v) is 6.29. The number of benzene rings is 1. The topological polar surface area (TPSA) is 69.4 Å². The molecule has 17 heavy (non-hydrogen) atoms. The van der Waals surface area contributed by atoms with Gasteiger partial charge in [0.15, 0.2) is 0 Å². The molecule has 0 heterocycles. The van der Waals surface area contributed by atoms with Crippen LogP contribution in [0.4, 0.5) is 0 Å². The maximum atomic E-state index is 11.1. The fourth-order valence-electron chi connectivity index (χ4n) is 1.51. The van der Waals surface area contributed by atoms with E-state index in [2.05, 4.69) is 0 Å². The van der Waals surface area contributed by atoms with Crippen molar-refractivity contribution in [2.45, 2.75) is 19.4 Å². The van der Waals surface area contributed by atoms with Gasteiger partial charge in [0.2, 0.25) is 0 Å². The van der Waals surface area contributed by atoms with E-state index in [1.165, 1.54) is 6.26 Å². The largest absolute Gasteiger partial charge is 0.494 e. The van der Waals surface area contributed by atoms with E-state index >= 15 is 0 Å². The van der Waals surface area contributed by atoms with Gasteiger partial charge in [-0.1, -0.05) is 12.1 Å². The molecule has 0 radical (unpaired) electrons. The summed E-state index contributed by atoms with van der Waals surface area (Å²) in [6.07, 6.45) is 1.64. The van der Waals surface area contributed by atoms with Crippen LogP contribution in [0, 0.1) is 0 Å². The molecule has 1 unspecified atom stereocenters. The van der Waals surface area contributed by atoms with Crippen LogP contribution in [0.15, 0.2) is 24.3 Å². The molecule has 0 aromatic heterocycles. The van der Waals surface area contributed by atoms with Gasteiger partial charge in [0.05, 0.1) is 12.4 Å². The van der Waals surface area contributed by atoms with E-state index in [4.69, 9.17) is 10.5 Å². The molecule has 0 aliphatic heterocycles. The first-order valence-corrected chi connectivity index (χ1v) is 7.64. The molecular formula is C12H19NO3S. The summed E-state index contributed by atoms with van der Waals surface area (Å²) in [5.74, 6) is 0.868. The van der Waals surface area contributed by atoms with Gasteiger partial charge in [-0.25, -0.2) is 8.42 Å². The van der Waals surface area contributed by atoms with Gasteiger partial charge in [-0.3, -0.25) is 0 Å². The van der Waals surface area contributed by atoms with Gasteiger partial charge in [-0.15, -0.1) is 0 Å². The Kier molecular flexibility index (Phi) is 4.96. The summed E-state index contributed by atoms with van der Waals surface area (Å²) < 4.78 is 27.5. The number of nitrogens with two attached hydrogens (primary N) is 1. The van der Waals surface area contributed by atoms with Crippen LogP contribution in [-0.2, 0) is 9.84 Å². The average molecular weight is 257 g/mol. The quantitative estimate of drug-likeness (QED) is 0.839. The molecule has 0 aliphatic rings. The molecule has 0 aliphatic carbocycles. The highest BCUT2D eigenvalue weighted by Crippen LogP contribution is 2.20. The predicted molar refractivity (Wildman–Crippen MR) is 68.9 cm³/mol. The molecule has 0 spiro atoms. The van der Waals surface area contributed by atoms with Gasteiger partial charge in [0.25, 0.3) is 0 Å². The van der Waals surface area contributed by atoms with Crippen molar-refractivity contribution in [1.29, 1.82) is 0 Å². The first-order valence-electron chi connectivity index (χ1n) is 5.58. The molecule has 4 nitrogen and oxygen atoms in total. The fourth-order valence-corrected chi connectivity index (χ4v) is 2.19. The van der Waals surface area contributed by atoms with Gasteiger partial charge in [0.1, 0.15) is 15.6 Å². The molecule has 1 rings (SSSR count). The minimum atomic E-state index is -2.96. The normalized spacial score (nSPS) is 13.4. The van der Waals surface area contributed by atoms with Crippen LogP contribution in [0.2, 0.25) is 0 Å². The number of sulfone groups is 1. The van der Waals surface area contributed by atoms with E-state index in [1.807, 2.05) is 31.2 Å². The van der Waals surface area contributed by atoms with Crippen LogP contribution in [0.25, 0.3) is 0 Å². The van der Waals surface area contributed by atoms with Crippen molar-refractivity contribution in [1.82, 2.24) is 0 Å². The van der Waals surface area contributed by atoms with Crippen LogP contribution in [0.1, 0.15) is 24.9 Å². The Labute approximate surface area is 103 Å². The van der Waals surface area contributed by atoms with Crippen molar-refractivity contribution in [2.24, 2.45) is 5.73 Å². The third-order valence-corrected chi connectivity index (χ3v) is 3.37. The smallest absolute Gasteiger partial charge is 0.147 e. The van der Waals surface area contributed by atoms with E-state index in [1.54, 1.807) is 0 Å². The highest BCUT2D eigenvalue weighted by atomic mass is 32.2. The highest BCUT2D eigenvalue weighted by molar-refractivity contribution is 7.90. The summed E-state index contributed by atoms with van der Waals surface area (Å²) in [5, 5.41) is 0. The molecule has 1 aromatic rings.